The lowest BCUT2D eigenvalue weighted by Crippen LogP contribution is -2.24. The number of H-pyrrole nitrogens is 1. The molecule has 0 fully saturated rings. The molecule has 1 heterocycles. The van der Waals surface area contributed by atoms with Crippen LogP contribution in [0.2, 0.25) is 0 Å². The van der Waals surface area contributed by atoms with Gasteiger partial charge in [0.2, 0.25) is 0 Å². The number of nitrogen functional groups attached to an aromatic ring is 1. The summed E-state index contributed by atoms with van der Waals surface area (Å²) < 4.78 is 10.7. The third-order valence-electron chi connectivity index (χ3n) is 1.95. The lowest BCUT2D eigenvalue weighted by molar-refractivity contribution is -0.144. The van der Waals surface area contributed by atoms with Crippen molar-refractivity contribution in [1.29, 1.82) is 0 Å². The molecule has 16 heavy (non-hydrogen) atoms. The van der Waals surface area contributed by atoms with Crippen LogP contribution < -0.4 is 11.3 Å². The van der Waals surface area contributed by atoms with E-state index in [1.165, 1.54) is 7.11 Å². The van der Waals surface area contributed by atoms with Crippen molar-refractivity contribution in [2.75, 3.05) is 19.5 Å². The Morgan fingerprint density at radius 2 is 2.25 bits per heavy atom. The van der Waals surface area contributed by atoms with Crippen molar-refractivity contribution >= 4 is 11.7 Å². The van der Waals surface area contributed by atoms with E-state index in [0.29, 0.717) is 5.69 Å². The Morgan fingerprint density at radius 1 is 1.56 bits per heavy atom. The van der Waals surface area contributed by atoms with E-state index < -0.39 is 11.5 Å². The minimum atomic E-state index is -0.491. The summed E-state index contributed by atoms with van der Waals surface area (Å²) in [7, 11) is 1.49. The Hall–Kier alpha value is -1.76. The summed E-state index contributed by atoms with van der Waals surface area (Å²) >= 11 is 0. The number of ether oxygens (including phenoxy) is 2. The third-order valence-corrected chi connectivity index (χ3v) is 1.95. The van der Waals surface area contributed by atoms with Gasteiger partial charge in [0.25, 0.3) is 5.56 Å². The van der Waals surface area contributed by atoms with Crippen molar-refractivity contribution in [3.8, 4) is 0 Å². The predicted octanol–water partition coefficient (Wildman–Crippen LogP) is -0.532. The second-order valence-electron chi connectivity index (χ2n) is 3.13. The van der Waals surface area contributed by atoms with Crippen molar-refractivity contribution in [3.05, 3.63) is 16.0 Å². The van der Waals surface area contributed by atoms with Gasteiger partial charge >= 0.3 is 5.97 Å². The number of rotatable bonds is 5. The van der Waals surface area contributed by atoms with Crippen LogP contribution in [0.1, 0.15) is 12.6 Å². The molecule has 0 aliphatic carbocycles. The van der Waals surface area contributed by atoms with Crippen molar-refractivity contribution < 1.29 is 14.3 Å². The van der Waals surface area contributed by atoms with Crippen LogP contribution >= 0.6 is 0 Å². The summed E-state index contributed by atoms with van der Waals surface area (Å²) in [5, 5.41) is 2.69. The molecule has 90 valence electrons. The minimum absolute atomic E-state index is 0.0612. The van der Waals surface area contributed by atoms with Crippen LogP contribution in [-0.4, -0.2) is 29.5 Å². The Morgan fingerprint density at radius 3 is 2.81 bits per heavy atom. The molecule has 0 saturated heterocycles. The second kappa shape index (κ2) is 5.36. The van der Waals surface area contributed by atoms with Crippen LogP contribution in [0, 0.1) is 0 Å². The number of nitrogens with two attached hydrogens (primary N) is 1. The van der Waals surface area contributed by atoms with E-state index in [1.807, 2.05) is 0 Å². The average molecular weight is 229 g/mol. The number of nitrogens with one attached hydrogen (secondary N) is 1. The fourth-order valence-electron chi connectivity index (χ4n) is 1.25. The highest BCUT2D eigenvalue weighted by atomic mass is 16.5. The fraction of sp³-hybridized carbons (Fsp3) is 0.556. The van der Waals surface area contributed by atoms with Crippen LogP contribution in [0.15, 0.2) is 4.79 Å². The van der Waals surface area contributed by atoms with E-state index in [2.05, 4.69) is 5.10 Å². The molecule has 7 heteroatoms. The van der Waals surface area contributed by atoms with E-state index in [-0.39, 0.29) is 25.4 Å². The van der Waals surface area contributed by atoms with Gasteiger partial charge in [-0.15, -0.1) is 0 Å². The first-order chi connectivity index (χ1) is 7.60. The highest BCUT2D eigenvalue weighted by Crippen LogP contribution is 2.03. The molecule has 7 nitrogen and oxygen atoms in total. The van der Waals surface area contributed by atoms with Crippen LogP contribution in [0.3, 0.4) is 0 Å². The lowest BCUT2D eigenvalue weighted by Gasteiger charge is -2.01. The maximum absolute atomic E-state index is 11.5. The molecular formula is C9H15N3O4. The number of anilines is 1. The first-order valence-electron chi connectivity index (χ1n) is 4.81. The molecule has 0 spiro atoms. The highest BCUT2D eigenvalue weighted by Gasteiger charge is 2.13. The van der Waals surface area contributed by atoms with Gasteiger partial charge in [0.1, 0.15) is 12.2 Å². The molecule has 0 aliphatic heterocycles. The van der Waals surface area contributed by atoms with Crippen LogP contribution in [0.25, 0.3) is 0 Å². The predicted molar refractivity (Wildman–Crippen MR) is 56.8 cm³/mol. The van der Waals surface area contributed by atoms with Gasteiger partial charge in [-0.1, -0.05) is 0 Å². The summed E-state index contributed by atoms with van der Waals surface area (Å²) in [5.41, 5.74) is 5.61. The standard InChI is InChI=1S/C9H15N3O4/c1-3-16-7(13)4-12-9(14)8(10)6(11-12)5-15-2/h11H,3-5,10H2,1-2H3. The van der Waals surface area contributed by atoms with Crippen LogP contribution in [0.5, 0.6) is 0 Å². The van der Waals surface area contributed by atoms with Crippen LogP contribution in [-0.2, 0) is 27.4 Å². The number of carbonyl (C=O) groups is 1. The van der Waals surface area contributed by atoms with E-state index >= 15 is 0 Å². The van der Waals surface area contributed by atoms with Gasteiger partial charge in [0.15, 0.2) is 0 Å². The van der Waals surface area contributed by atoms with Gasteiger partial charge in [-0.05, 0) is 6.92 Å². The zero-order valence-electron chi connectivity index (χ0n) is 9.28. The lowest BCUT2D eigenvalue weighted by atomic mass is 10.4. The Kier molecular flexibility index (Phi) is 4.12. The molecule has 0 unspecified atom stereocenters. The number of carbonyl (C=O) groups excluding carboxylic acids is 1. The zero-order valence-corrected chi connectivity index (χ0v) is 9.28. The molecule has 3 N–H and O–H groups in total. The van der Waals surface area contributed by atoms with Crippen molar-refractivity contribution in [2.45, 2.75) is 20.1 Å². The number of hydrogen-bond donors (Lipinski definition) is 2. The normalized spacial score (nSPS) is 10.4. The number of methoxy groups -OCH3 is 1. The largest absolute Gasteiger partial charge is 0.465 e. The van der Waals surface area contributed by atoms with E-state index in [0.717, 1.165) is 4.68 Å². The van der Waals surface area contributed by atoms with Gasteiger partial charge in [0, 0.05) is 7.11 Å². The summed E-state index contributed by atoms with van der Waals surface area (Å²) in [6, 6.07) is 0. The molecule has 0 radical (unpaired) electrons. The summed E-state index contributed by atoms with van der Waals surface area (Å²) in [4.78, 5) is 22.7. The molecule has 0 atom stereocenters. The molecule has 0 saturated carbocycles. The van der Waals surface area contributed by atoms with Crippen molar-refractivity contribution in [3.63, 3.8) is 0 Å². The van der Waals surface area contributed by atoms with Crippen molar-refractivity contribution in [1.82, 2.24) is 9.78 Å². The van der Waals surface area contributed by atoms with Gasteiger partial charge in [-0.3, -0.25) is 14.7 Å². The fourth-order valence-corrected chi connectivity index (χ4v) is 1.25. The highest BCUT2D eigenvalue weighted by molar-refractivity contribution is 5.69. The Balaban J connectivity index is 2.85. The number of esters is 1. The summed E-state index contributed by atoms with van der Waals surface area (Å²) in [5.74, 6) is -0.491. The maximum atomic E-state index is 11.5. The van der Waals surface area contributed by atoms with Gasteiger partial charge in [-0.25, -0.2) is 4.68 Å². The minimum Gasteiger partial charge on any atom is -0.465 e. The number of aromatic nitrogens is 2. The summed E-state index contributed by atoms with van der Waals surface area (Å²) in [6.45, 7) is 1.98. The molecule has 1 rings (SSSR count). The zero-order chi connectivity index (χ0) is 12.1. The van der Waals surface area contributed by atoms with Crippen molar-refractivity contribution in [2.24, 2.45) is 0 Å². The van der Waals surface area contributed by atoms with E-state index in [9.17, 15) is 9.59 Å². The topological polar surface area (TPSA) is 99.3 Å². The van der Waals surface area contributed by atoms with Crippen LogP contribution in [0.4, 0.5) is 5.69 Å². The SMILES string of the molecule is CCOC(=O)Cn1[nH]c(COC)c(N)c1=O. The first kappa shape index (κ1) is 12.3. The molecule has 0 bridgehead atoms. The van der Waals surface area contributed by atoms with Gasteiger partial charge in [-0.2, -0.15) is 0 Å². The smallest absolute Gasteiger partial charge is 0.327 e. The molecular weight excluding hydrogens is 214 g/mol. The quantitative estimate of drug-likeness (QED) is 0.661. The molecule has 0 aromatic carbocycles. The van der Waals surface area contributed by atoms with E-state index in [4.69, 9.17) is 15.2 Å². The Bertz CT molecular complexity index is 421. The summed E-state index contributed by atoms with van der Waals surface area (Å²) in [6.07, 6.45) is 0. The first-order valence-corrected chi connectivity index (χ1v) is 4.81. The third kappa shape index (κ3) is 2.63. The molecule has 1 aromatic heterocycles. The molecule has 0 aliphatic rings. The second-order valence-corrected chi connectivity index (χ2v) is 3.13. The van der Waals surface area contributed by atoms with E-state index in [1.54, 1.807) is 6.92 Å². The Labute approximate surface area is 92.1 Å². The molecule has 0 amide bonds. The number of nitrogens with zero attached hydrogens (tertiary/aromatic N) is 1. The van der Waals surface area contributed by atoms with Gasteiger partial charge in [0.05, 0.1) is 18.9 Å². The number of hydrogen-bond acceptors (Lipinski definition) is 5. The monoisotopic (exact) mass is 229 g/mol. The van der Waals surface area contributed by atoms with Gasteiger partial charge < -0.3 is 15.2 Å². The molecule has 1 aromatic rings. The number of aromatic amines is 1. The maximum Gasteiger partial charge on any atom is 0.327 e. The average Bonchev–Trinajstić information content (AvgIpc) is 2.48.